The van der Waals surface area contributed by atoms with Crippen LogP contribution in [-0.4, -0.2) is 22.7 Å². The lowest BCUT2D eigenvalue weighted by Gasteiger charge is -2.19. The van der Waals surface area contributed by atoms with Crippen molar-refractivity contribution in [2.45, 2.75) is 40.2 Å². The largest absolute Gasteiger partial charge is 0.273 e. The summed E-state index contributed by atoms with van der Waals surface area (Å²) in [5.41, 5.74) is 1.11. The van der Waals surface area contributed by atoms with Gasteiger partial charge in [0.2, 0.25) is 9.84 Å². The Labute approximate surface area is 180 Å². The number of benzene rings is 2. The maximum atomic E-state index is 12.7. The fourth-order valence-electron chi connectivity index (χ4n) is 2.67. The summed E-state index contributed by atoms with van der Waals surface area (Å²) in [7, 11) is -8.06. The number of sulfone groups is 1. The summed E-state index contributed by atoms with van der Waals surface area (Å²) < 4.78 is 52.3. The van der Waals surface area contributed by atoms with Gasteiger partial charge in [0.15, 0.2) is 0 Å². The summed E-state index contributed by atoms with van der Waals surface area (Å²) in [6, 6.07) is 15.5. The van der Waals surface area contributed by atoms with Crippen LogP contribution in [0.2, 0.25) is 0 Å². The van der Waals surface area contributed by atoms with E-state index in [1.807, 2.05) is 25.5 Å². The molecule has 1 heterocycles. The van der Waals surface area contributed by atoms with Crippen LogP contribution in [0.3, 0.4) is 0 Å². The number of hydrogen-bond acceptors (Lipinski definition) is 6. The van der Waals surface area contributed by atoms with Crippen LogP contribution in [0.25, 0.3) is 0 Å². The normalized spacial score (nSPS) is 12.5. The molecule has 6 nitrogen and oxygen atoms in total. The van der Waals surface area contributed by atoms with Crippen molar-refractivity contribution in [3.63, 3.8) is 0 Å². The van der Waals surface area contributed by atoms with E-state index in [9.17, 15) is 21.6 Å². The van der Waals surface area contributed by atoms with E-state index in [0.29, 0.717) is 0 Å². The third-order valence-corrected chi connectivity index (χ3v) is 9.09. The van der Waals surface area contributed by atoms with Crippen molar-refractivity contribution in [3.8, 4) is 0 Å². The third-order valence-electron chi connectivity index (χ3n) is 4.42. The fraction of sp³-hybridized carbons (Fsp3) is 0.190. The molecule has 1 amide bonds. The van der Waals surface area contributed by atoms with E-state index in [4.69, 9.17) is 0 Å². The van der Waals surface area contributed by atoms with Gasteiger partial charge >= 0.3 is 0 Å². The zero-order valence-corrected chi connectivity index (χ0v) is 19.1. The molecule has 0 aliphatic rings. The molecule has 1 aromatic heterocycles. The molecule has 1 N–H and O–H groups in total. The van der Waals surface area contributed by atoms with Gasteiger partial charge in [-0.05, 0) is 41.3 Å². The van der Waals surface area contributed by atoms with Gasteiger partial charge in [-0.1, -0.05) is 51.1 Å². The highest BCUT2D eigenvalue weighted by Crippen LogP contribution is 2.28. The Kier molecular flexibility index (Phi) is 5.90. The van der Waals surface area contributed by atoms with E-state index in [2.05, 4.69) is 0 Å². The molecule has 30 heavy (non-hydrogen) atoms. The highest BCUT2D eigenvalue weighted by atomic mass is 32.2. The molecule has 0 fully saturated rings. The van der Waals surface area contributed by atoms with Gasteiger partial charge < -0.3 is 0 Å². The number of nitrogens with one attached hydrogen (secondary N) is 1. The molecule has 0 bridgehead atoms. The molecule has 0 radical (unpaired) electrons. The van der Waals surface area contributed by atoms with Crippen LogP contribution in [0.15, 0.2) is 80.0 Å². The maximum Gasteiger partial charge on any atom is 0.273 e. The van der Waals surface area contributed by atoms with Gasteiger partial charge in [-0.3, -0.25) is 4.79 Å². The van der Waals surface area contributed by atoms with Gasteiger partial charge in [-0.15, -0.1) is 11.3 Å². The van der Waals surface area contributed by atoms with Crippen molar-refractivity contribution in [2.75, 3.05) is 0 Å². The first kappa shape index (κ1) is 22.2. The molecule has 0 atom stereocenters. The third kappa shape index (κ3) is 4.63. The number of sulfonamides is 1. The monoisotopic (exact) mass is 463 g/mol. The first-order chi connectivity index (χ1) is 13.9. The maximum absolute atomic E-state index is 12.7. The van der Waals surface area contributed by atoms with Crippen LogP contribution in [0.4, 0.5) is 0 Å². The number of hydrogen-bond donors (Lipinski definition) is 1. The highest BCUT2D eigenvalue weighted by molar-refractivity contribution is 7.93. The molecular weight excluding hydrogens is 442 g/mol. The molecule has 0 aliphatic carbocycles. The summed E-state index contributed by atoms with van der Waals surface area (Å²) >= 11 is 0.739. The average molecular weight is 464 g/mol. The van der Waals surface area contributed by atoms with Crippen LogP contribution in [0, 0.1) is 0 Å². The van der Waals surface area contributed by atoms with Crippen LogP contribution >= 0.6 is 11.3 Å². The van der Waals surface area contributed by atoms with Crippen LogP contribution < -0.4 is 4.72 Å². The smallest absolute Gasteiger partial charge is 0.268 e. The van der Waals surface area contributed by atoms with Gasteiger partial charge in [0.05, 0.1) is 9.79 Å². The van der Waals surface area contributed by atoms with Crippen LogP contribution in [0.1, 0.15) is 36.7 Å². The minimum Gasteiger partial charge on any atom is -0.268 e. The van der Waals surface area contributed by atoms with Gasteiger partial charge in [0, 0.05) is 10.9 Å². The molecule has 3 aromatic rings. The topological polar surface area (TPSA) is 97.4 Å². The number of amides is 1. The summed E-state index contributed by atoms with van der Waals surface area (Å²) in [6.07, 6.45) is 0. The second kappa shape index (κ2) is 7.98. The van der Waals surface area contributed by atoms with Gasteiger partial charge in [-0.25, -0.2) is 21.6 Å². The first-order valence-corrected chi connectivity index (χ1v) is 12.8. The van der Waals surface area contributed by atoms with Crippen molar-refractivity contribution >= 4 is 37.1 Å². The predicted molar refractivity (Wildman–Crippen MR) is 116 cm³/mol. The lowest BCUT2D eigenvalue weighted by atomic mass is 9.87. The predicted octanol–water partition coefficient (Wildman–Crippen LogP) is 4.00. The molecule has 158 valence electrons. The molecule has 0 saturated carbocycles. The lowest BCUT2D eigenvalue weighted by molar-refractivity contribution is 0.0981. The van der Waals surface area contributed by atoms with E-state index in [-0.39, 0.29) is 25.0 Å². The Morgan fingerprint density at radius 3 is 2.03 bits per heavy atom. The Balaban J connectivity index is 1.82. The van der Waals surface area contributed by atoms with Crippen molar-refractivity contribution in [2.24, 2.45) is 0 Å². The standard InChI is InChI=1S/C21H21NO5S3/c1-21(2,3)16-11-9-15(10-12-16)20(23)22-30(26,27)19-13-18(14-28-19)29(24,25)17-7-5-4-6-8-17/h4-14H,1-3H3,(H,22,23). The molecule has 9 heteroatoms. The molecule has 0 aliphatic heterocycles. The summed E-state index contributed by atoms with van der Waals surface area (Å²) in [4.78, 5) is 12.3. The quantitative estimate of drug-likeness (QED) is 0.617. The second-order valence-electron chi connectivity index (χ2n) is 7.68. The molecule has 0 spiro atoms. The first-order valence-electron chi connectivity index (χ1n) is 8.98. The van der Waals surface area contributed by atoms with E-state index in [0.717, 1.165) is 23.0 Å². The fourth-order valence-corrected chi connectivity index (χ4v) is 6.55. The summed E-state index contributed by atoms with van der Waals surface area (Å²) in [6.45, 7) is 6.10. The molecule has 2 aromatic carbocycles. The zero-order chi connectivity index (χ0) is 22.2. The van der Waals surface area contributed by atoms with Crippen molar-refractivity contribution in [1.29, 1.82) is 0 Å². The summed E-state index contributed by atoms with van der Waals surface area (Å²) in [5.74, 6) is -0.781. The number of carbonyl (C=O) groups is 1. The van der Waals surface area contributed by atoms with E-state index >= 15 is 0 Å². The molecule has 0 unspecified atom stereocenters. The Hall–Kier alpha value is -2.49. The van der Waals surface area contributed by atoms with Crippen LogP contribution in [0.5, 0.6) is 0 Å². The number of rotatable bonds is 5. The summed E-state index contributed by atoms with van der Waals surface area (Å²) in [5, 5.41) is 1.25. The van der Waals surface area contributed by atoms with Crippen molar-refractivity contribution in [1.82, 2.24) is 4.72 Å². The molecular formula is C21H21NO5S3. The minimum absolute atomic E-state index is 0.0646. The Bertz CT molecular complexity index is 1270. The van der Waals surface area contributed by atoms with Gasteiger partial charge in [0.1, 0.15) is 4.21 Å². The van der Waals surface area contributed by atoms with Crippen LogP contribution in [-0.2, 0) is 25.3 Å². The van der Waals surface area contributed by atoms with E-state index in [1.165, 1.54) is 17.5 Å². The zero-order valence-electron chi connectivity index (χ0n) is 16.6. The van der Waals surface area contributed by atoms with Crippen molar-refractivity contribution < 1.29 is 21.6 Å². The average Bonchev–Trinajstić information content (AvgIpc) is 3.20. The number of carbonyl (C=O) groups excluding carboxylic acids is 1. The second-order valence-corrected chi connectivity index (χ2v) is 12.5. The SMILES string of the molecule is CC(C)(C)c1ccc(C(=O)NS(=O)(=O)c2cc(S(=O)(=O)c3ccccc3)cs2)cc1. The van der Waals surface area contributed by atoms with Gasteiger partial charge in [0.25, 0.3) is 15.9 Å². The Morgan fingerprint density at radius 2 is 1.47 bits per heavy atom. The van der Waals surface area contributed by atoms with Gasteiger partial charge in [-0.2, -0.15) is 0 Å². The van der Waals surface area contributed by atoms with E-state index in [1.54, 1.807) is 42.5 Å². The minimum atomic E-state index is -4.21. The molecule has 0 saturated heterocycles. The lowest BCUT2D eigenvalue weighted by Crippen LogP contribution is -2.30. The Morgan fingerprint density at radius 1 is 0.867 bits per heavy atom. The molecule has 3 rings (SSSR count). The highest BCUT2D eigenvalue weighted by Gasteiger charge is 2.25. The van der Waals surface area contributed by atoms with Crippen molar-refractivity contribution in [3.05, 3.63) is 77.2 Å². The van der Waals surface area contributed by atoms with E-state index < -0.39 is 25.8 Å². The number of thiophene rings is 1.